The van der Waals surface area contributed by atoms with E-state index in [1.165, 1.54) is 23.1 Å². The van der Waals surface area contributed by atoms with Crippen molar-refractivity contribution >= 4 is 51.0 Å². The molecule has 1 aromatic carbocycles. The maximum atomic E-state index is 12.1. The molecule has 7 nitrogen and oxygen atoms in total. The van der Waals surface area contributed by atoms with Crippen LogP contribution in [0.3, 0.4) is 0 Å². The number of rotatable bonds is 8. The third kappa shape index (κ3) is 4.83. The SMILES string of the molecule is CCOC(=O)CSc1nnc(NC(=O)CCn2ccc3ccccc32)s1. The second kappa shape index (κ2) is 8.81. The van der Waals surface area contributed by atoms with E-state index in [0.29, 0.717) is 29.0 Å². The van der Waals surface area contributed by atoms with E-state index >= 15 is 0 Å². The van der Waals surface area contributed by atoms with Gasteiger partial charge in [-0.05, 0) is 24.4 Å². The van der Waals surface area contributed by atoms with Crippen LogP contribution in [-0.2, 0) is 20.9 Å². The van der Waals surface area contributed by atoms with Crippen LogP contribution in [0.5, 0.6) is 0 Å². The predicted octanol–water partition coefficient (Wildman–Crippen LogP) is 3.18. The molecule has 0 unspecified atom stereocenters. The van der Waals surface area contributed by atoms with Gasteiger partial charge in [-0.1, -0.05) is 41.3 Å². The van der Waals surface area contributed by atoms with Gasteiger partial charge in [0.25, 0.3) is 0 Å². The van der Waals surface area contributed by atoms with Gasteiger partial charge in [0, 0.05) is 24.7 Å². The molecule has 2 heterocycles. The molecule has 9 heteroatoms. The van der Waals surface area contributed by atoms with Crippen LogP contribution in [0, 0.1) is 0 Å². The smallest absolute Gasteiger partial charge is 0.316 e. The number of nitrogens with one attached hydrogen (secondary N) is 1. The predicted molar refractivity (Wildman–Crippen MR) is 102 cm³/mol. The highest BCUT2D eigenvalue weighted by Gasteiger charge is 2.11. The minimum atomic E-state index is -0.294. The van der Waals surface area contributed by atoms with E-state index < -0.39 is 0 Å². The van der Waals surface area contributed by atoms with Gasteiger partial charge in [-0.3, -0.25) is 9.59 Å². The number of hydrogen-bond donors (Lipinski definition) is 1. The number of thioether (sulfide) groups is 1. The number of nitrogens with zero attached hydrogens (tertiary/aromatic N) is 3. The van der Waals surface area contributed by atoms with Gasteiger partial charge in [-0.15, -0.1) is 10.2 Å². The Bertz CT molecular complexity index is 906. The largest absolute Gasteiger partial charge is 0.465 e. The van der Waals surface area contributed by atoms with Crippen molar-refractivity contribution in [3.8, 4) is 0 Å². The molecule has 0 aliphatic heterocycles. The van der Waals surface area contributed by atoms with Gasteiger partial charge < -0.3 is 14.6 Å². The highest BCUT2D eigenvalue weighted by molar-refractivity contribution is 8.01. The Morgan fingerprint density at radius 2 is 2.12 bits per heavy atom. The van der Waals surface area contributed by atoms with Crippen LogP contribution in [0.2, 0.25) is 0 Å². The van der Waals surface area contributed by atoms with Crippen molar-refractivity contribution in [2.75, 3.05) is 17.7 Å². The number of aromatic nitrogens is 3. The van der Waals surface area contributed by atoms with Crippen LogP contribution in [0.4, 0.5) is 5.13 Å². The zero-order chi connectivity index (χ0) is 18.4. The van der Waals surface area contributed by atoms with Gasteiger partial charge in [0.05, 0.1) is 12.4 Å². The lowest BCUT2D eigenvalue weighted by atomic mass is 10.2. The van der Waals surface area contributed by atoms with Gasteiger partial charge in [0.15, 0.2) is 4.34 Å². The number of esters is 1. The molecule has 0 aliphatic rings. The van der Waals surface area contributed by atoms with Crippen LogP contribution in [0.1, 0.15) is 13.3 Å². The quantitative estimate of drug-likeness (QED) is 0.361. The van der Waals surface area contributed by atoms with Crippen LogP contribution in [0.25, 0.3) is 10.9 Å². The summed E-state index contributed by atoms with van der Waals surface area (Å²) in [6.07, 6.45) is 2.32. The maximum absolute atomic E-state index is 12.1. The minimum Gasteiger partial charge on any atom is -0.465 e. The number of fused-ring (bicyclic) bond motifs is 1. The fraction of sp³-hybridized carbons (Fsp3) is 0.294. The first-order chi connectivity index (χ1) is 12.7. The summed E-state index contributed by atoms with van der Waals surface area (Å²) in [6, 6.07) is 10.1. The highest BCUT2D eigenvalue weighted by atomic mass is 32.2. The van der Waals surface area contributed by atoms with E-state index in [-0.39, 0.29) is 17.6 Å². The molecule has 1 amide bonds. The Morgan fingerprint density at radius 1 is 1.27 bits per heavy atom. The maximum Gasteiger partial charge on any atom is 0.316 e. The summed E-state index contributed by atoms with van der Waals surface area (Å²) in [5.41, 5.74) is 1.11. The Labute approximate surface area is 158 Å². The molecule has 1 N–H and O–H groups in total. The molecule has 0 radical (unpaired) electrons. The van der Waals surface area contributed by atoms with Crippen molar-refractivity contribution in [3.63, 3.8) is 0 Å². The number of aryl methyl sites for hydroxylation is 1. The first-order valence-corrected chi connectivity index (χ1v) is 9.91. The molecule has 136 valence electrons. The topological polar surface area (TPSA) is 86.1 Å². The number of para-hydroxylation sites is 1. The molecule has 0 saturated carbocycles. The van der Waals surface area contributed by atoms with Crippen LogP contribution >= 0.6 is 23.1 Å². The second-order valence-corrected chi connectivity index (χ2v) is 7.53. The normalized spacial score (nSPS) is 10.8. The first kappa shape index (κ1) is 18.4. The number of ether oxygens (including phenoxy) is 1. The summed E-state index contributed by atoms with van der Waals surface area (Å²) in [7, 11) is 0. The number of anilines is 1. The van der Waals surface area contributed by atoms with Gasteiger partial charge in [0.1, 0.15) is 0 Å². The van der Waals surface area contributed by atoms with Crippen molar-refractivity contribution in [2.45, 2.75) is 24.2 Å². The van der Waals surface area contributed by atoms with Crippen LogP contribution < -0.4 is 5.32 Å². The Balaban J connectivity index is 1.48. The lowest BCUT2D eigenvalue weighted by Gasteiger charge is -2.05. The number of benzene rings is 1. The van der Waals surface area contributed by atoms with E-state index in [2.05, 4.69) is 20.1 Å². The Morgan fingerprint density at radius 3 is 2.96 bits per heavy atom. The molecular weight excluding hydrogens is 372 g/mol. The average Bonchev–Trinajstić information content (AvgIpc) is 3.25. The van der Waals surface area contributed by atoms with Crippen LogP contribution in [0.15, 0.2) is 40.9 Å². The molecular formula is C17H18N4O3S2. The zero-order valence-corrected chi connectivity index (χ0v) is 15.8. The molecule has 3 aromatic rings. The highest BCUT2D eigenvalue weighted by Crippen LogP contribution is 2.25. The van der Waals surface area contributed by atoms with E-state index in [1.807, 2.05) is 36.5 Å². The molecule has 26 heavy (non-hydrogen) atoms. The molecule has 2 aromatic heterocycles. The number of hydrogen-bond acceptors (Lipinski definition) is 7. The van der Waals surface area contributed by atoms with E-state index in [4.69, 9.17) is 4.74 Å². The molecule has 0 atom stereocenters. The van der Waals surface area contributed by atoms with Crippen molar-refractivity contribution in [1.82, 2.24) is 14.8 Å². The molecule has 0 saturated heterocycles. The molecule has 3 rings (SSSR count). The summed E-state index contributed by atoms with van der Waals surface area (Å²) in [6.45, 7) is 2.70. The first-order valence-electron chi connectivity index (χ1n) is 8.11. The van der Waals surface area contributed by atoms with E-state index in [9.17, 15) is 9.59 Å². The number of amides is 1. The Hall–Kier alpha value is -2.39. The summed E-state index contributed by atoms with van der Waals surface area (Å²) in [4.78, 5) is 23.5. The standard InChI is InChI=1S/C17H18N4O3S2/c1-2-24-15(23)11-25-17-20-19-16(26-17)18-14(22)8-10-21-9-7-12-5-3-4-6-13(12)21/h3-7,9H,2,8,10-11H2,1H3,(H,18,19,22). The minimum absolute atomic E-state index is 0.124. The zero-order valence-electron chi connectivity index (χ0n) is 14.2. The van der Waals surface area contributed by atoms with Gasteiger partial charge in [0.2, 0.25) is 11.0 Å². The fourth-order valence-corrected chi connectivity index (χ4v) is 3.95. The van der Waals surface area contributed by atoms with Gasteiger partial charge in [-0.2, -0.15) is 0 Å². The summed E-state index contributed by atoms with van der Waals surface area (Å²) >= 11 is 2.49. The average molecular weight is 390 g/mol. The monoisotopic (exact) mass is 390 g/mol. The number of carbonyl (C=O) groups excluding carboxylic acids is 2. The lowest BCUT2D eigenvalue weighted by molar-refractivity contribution is -0.139. The van der Waals surface area contributed by atoms with E-state index in [0.717, 1.165) is 10.9 Å². The fourth-order valence-electron chi connectivity index (χ4n) is 2.38. The summed E-state index contributed by atoms with van der Waals surface area (Å²) in [5.74, 6) is -0.241. The van der Waals surface area contributed by atoms with Crippen LogP contribution in [-0.4, -0.2) is 39.0 Å². The van der Waals surface area contributed by atoms with Crippen molar-refractivity contribution < 1.29 is 14.3 Å². The van der Waals surface area contributed by atoms with Gasteiger partial charge in [-0.25, -0.2) is 0 Å². The Kier molecular flexibility index (Phi) is 6.24. The third-order valence-corrected chi connectivity index (χ3v) is 5.48. The van der Waals surface area contributed by atoms with Crippen molar-refractivity contribution in [2.24, 2.45) is 0 Å². The van der Waals surface area contributed by atoms with Crippen molar-refractivity contribution in [3.05, 3.63) is 36.5 Å². The molecule has 0 spiro atoms. The second-order valence-electron chi connectivity index (χ2n) is 5.33. The third-order valence-electron chi connectivity index (χ3n) is 3.53. The summed E-state index contributed by atoms with van der Waals surface area (Å²) in [5, 5.41) is 12.2. The number of carbonyl (C=O) groups is 2. The molecule has 0 fully saturated rings. The van der Waals surface area contributed by atoms with E-state index in [1.54, 1.807) is 6.92 Å². The van der Waals surface area contributed by atoms with Gasteiger partial charge >= 0.3 is 5.97 Å². The van der Waals surface area contributed by atoms with Crippen molar-refractivity contribution in [1.29, 1.82) is 0 Å². The molecule has 0 aliphatic carbocycles. The lowest BCUT2D eigenvalue weighted by Crippen LogP contribution is -2.14. The summed E-state index contributed by atoms with van der Waals surface area (Å²) < 4.78 is 7.52. The molecule has 0 bridgehead atoms.